The van der Waals surface area contributed by atoms with Crippen LogP contribution in [0.5, 0.6) is 0 Å². The van der Waals surface area contributed by atoms with Crippen molar-refractivity contribution in [2.24, 2.45) is 0 Å². The molecule has 0 saturated carbocycles. The van der Waals surface area contributed by atoms with Gasteiger partial charge in [-0.3, -0.25) is 10.1 Å². The first-order valence-corrected chi connectivity index (χ1v) is 11.1. The van der Waals surface area contributed by atoms with E-state index in [0.717, 1.165) is 23.2 Å². The summed E-state index contributed by atoms with van der Waals surface area (Å²) in [6, 6.07) is 12.8. The Morgan fingerprint density at radius 3 is 2.49 bits per heavy atom. The number of aliphatic carboxylic acids is 1. The largest absolute Gasteiger partial charge is 0.490 e. The van der Waals surface area contributed by atoms with E-state index >= 15 is 0 Å². The Morgan fingerprint density at radius 1 is 1.20 bits per heavy atom. The summed E-state index contributed by atoms with van der Waals surface area (Å²) in [4.78, 5) is 23.5. The minimum absolute atomic E-state index is 0.0396. The number of fused-ring (bicyclic) bond motifs is 1. The van der Waals surface area contributed by atoms with E-state index in [2.05, 4.69) is 10.6 Å². The number of ether oxygens (including phenoxy) is 1. The summed E-state index contributed by atoms with van der Waals surface area (Å²) >= 11 is 0. The standard InChI is InChI=1S/C22H26FN3O2.C2HF3O2/c1-15(17-7-9-21(18(23)14-17)26-10-12-28-13-11-26)24-20-8-6-16-4-2-3-5-19(16)25-22(20)27;3-2(4,5)1(6)7/h2-5,7,9,14-15,20,24H,6,8,10-13H2,1H3,(H,25,27);(H,6,7). The van der Waals surface area contributed by atoms with E-state index in [1.807, 2.05) is 48.2 Å². The van der Waals surface area contributed by atoms with Crippen LogP contribution in [-0.4, -0.2) is 55.5 Å². The summed E-state index contributed by atoms with van der Waals surface area (Å²) in [6.45, 7) is 4.62. The molecule has 0 aromatic heterocycles. The molecule has 0 radical (unpaired) electrons. The van der Waals surface area contributed by atoms with Crippen molar-refractivity contribution < 1.29 is 37.0 Å². The van der Waals surface area contributed by atoms with E-state index < -0.39 is 12.1 Å². The van der Waals surface area contributed by atoms with E-state index in [9.17, 15) is 22.4 Å². The molecule has 11 heteroatoms. The number of carbonyl (C=O) groups is 2. The molecule has 2 unspecified atom stereocenters. The molecule has 0 aliphatic carbocycles. The first kappa shape index (κ1) is 26.4. The number of aryl methyl sites for hydroxylation is 1. The fraction of sp³-hybridized carbons (Fsp3) is 0.417. The van der Waals surface area contributed by atoms with Gasteiger partial charge in [-0.15, -0.1) is 0 Å². The van der Waals surface area contributed by atoms with Crippen molar-refractivity contribution in [1.82, 2.24) is 5.32 Å². The highest BCUT2D eigenvalue weighted by molar-refractivity contribution is 5.96. The van der Waals surface area contributed by atoms with Gasteiger partial charge < -0.3 is 20.1 Å². The van der Waals surface area contributed by atoms with Gasteiger partial charge >= 0.3 is 12.1 Å². The molecule has 1 saturated heterocycles. The molecule has 2 aromatic carbocycles. The number of anilines is 2. The van der Waals surface area contributed by atoms with Gasteiger partial charge in [0.1, 0.15) is 5.82 Å². The number of para-hydroxylation sites is 1. The minimum Gasteiger partial charge on any atom is -0.475 e. The average Bonchev–Trinajstić information content (AvgIpc) is 2.97. The Morgan fingerprint density at radius 2 is 1.86 bits per heavy atom. The SMILES string of the molecule is CC(NC1CCc2ccccc2NC1=O)c1ccc(N2CCOCC2)c(F)c1.O=C(O)C(F)(F)F. The van der Waals surface area contributed by atoms with Gasteiger partial charge in [-0.1, -0.05) is 24.3 Å². The maximum absolute atomic E-state index is 14.7. The Labute approximate surface area is 200 Å². The van der Waals surface area contributed by atoms with Gasteiger partial charge in [0, 0.05) is 24.8 Å². The highest BCUT2D eigenvalue weighted by Crippen LogP contribution is 2.26. The highest BCUT2D eigenvalue weighted by atomic mass is 19.4. The lowest BCUT2D eigenvalue weighted by atomic mass is 10.0. The monoisotopic (exact) mass is 497 g/mol. The summed E-state index contributed by atoms with van der Waals surface area (Å²) in [5.41, 5.74) is 3.48. The minimum atomic E-state index is -5.08. The van der Waals surface area contributed by atoms with Gasteiger partial charge in [0.15, 0.2) is 0 Å². The smallest absolute Gasteiger partial charge is 0.475 e. The Bertz CT molecular complexity index is 1040. The van der Waals surface area contributed by atoms with E-state index in [0.29, 0.717) is 38.4 Å². The van der Waals surface area contributed by atoms with Crippen LogP contribution in [0.3, 0.4) is 0 Å². The summed E-state index contributed by atoms with van der Waals surface area (Å²) < 4.78 is 51.8. The summed E-state index contributed by atoms with van der Waals surface area (Å²) in [5, 5.41) is 13.5. The Kier molecular flexibility index (Phi) is 8.68. The first-order valence-electron chi connectivity index (χ1n) is 11.1. The third-order valence-corrected chi connectivity index (χ3v) is 5.81. The van der Waals surface area contributed by atoms with Crippen molar-refractivity contribution in [2.75, 3.05) is 36.5 Å². The molecule has 7 nitrogen and oxygen atoms in total. The number of nitrogens with zero attached hydrogens (tertiary/aromatic N) is 1. The third kappa shape index (κ3) is 7.15. The first-order chi connectivity index (χ1) is 16.6. The van der Waals surface area contributed by atoms with Gasteiger partial charge in [-0.25, -0.2) is 9.18 Å². The zero-order valence-electron chi connectivity index (χ0n) is 19.1. The number of carboxylic acid groups (broad SMARTS) is 1. The number of benzene rings is 2. The number of rotatable bonds is 4. The topological polar surface area (TPSA) is 90.9 Å². The van der Waals surface area contributed by atoms with Crippen LogP contribution in [-0.2, 0) is 20.7 Å². The average molecular weight is 497 g/mol. The van der Waals surface area contributed by atoms with Crippen LogP contribution in [0.15, 0.2) is 42.5 Å². The van der Waals surface area contributed by atoms with E-state index in [1.54, 1.807) is 6.07 Å². The predicted octanol–water partition coefficient (Wildman–Crippen LogP) is 3.90. The van der Waals surface area contributed by atoms with Gasteiger partial charge in [0.2, 0.25) is 5.91 Å². The van der Waals surface area contributed by atoms with Crippen LogP contribution < -0.4 is 15.5 Å². The number of morpholine rings is 1. The number of halogens is 4. The van der Waals surface area contributed by atoms with E-state index in [-0.39, 0.29) is 23.8 Å². The van der Waals surface area contributed by atoms with Crippen LogP contribution in [0.2, 0.25) is 0 Å². The molecule has 2 atom stereocenters. The molecule has 2 aromatic rings. The second-order valence-corrected chi connectivity index (χ2v) is 8.24. The van der Waals surface area contributed by atoms with Crippen molar-refractivity contribution in [1.29, 1.82) is 0 Å². The van der Waals surface area contributed by atoms with Crippen LogP contribution in [0.25, 0.3) is 0 Å². The summed E-state index contributed by atoms with van der Waals surface area (Å²) in [6.07, 6.45) is -3.55. The third-order valence-electron chi connectivity index (χ3n) is 5.81. The van der Waals surface area contributed by atoms with Crippen molar-refractivity contribution in [3.63, 3.8) is 0 Å². The highest BCUT2D eigenvalue weighted by Gasteiger charge is 2.38. The maximum atomic E-state index is 14.7. The molecule has 0 bridgehead atoms. The number of alkyl halides is 3. The van der Waals surface area contributed by atoms with Crippen molar-refractivity contribution in [3.8, 4) is 0 Å². The molecule has 3 N–H and O–H groups in total. The second kappa shape index (κ2) is 11.5. The fourth-order valence-electron chi connectivity index (χ4n) is 3.92. The van der Waals surface area contributed by atoms with Crippen molar-refractivity contribution in [2.45, 2.75) is 38.0 Å². The van der Waals surface area contributed by atoms with Crippen LogP contribution in [0, 0.1) is 5.82 Å². The summed E-state index contributed by atoms with van der Waals surface area (Å²) in [5.74, 6) is -3.03. The number of nitrogens with one attached hydrogen (secondary N) is 2. The van der Waals surface area contributed by atoms with Crippen molar-refractivity contribution >= 4 is 23.3 Å². The lowest BCUT2D eigenvalue weighted by Crippen LogP contribution is -2.41. The molecular weight excluding hydrogens is 470 g/mol. The number of carbonyl (C=O) groups excluding carboxylic acids is 1. The molecule has 2 heterocycles. The van der Waals surface area contributed by atoms with Crippen LogP contribution in [0.4, 0.5) is 28.9 Å². The molecule has 4 rings (SSSR count). The maximum Gasteiger partial charge on any atom is 0.490 e. The zero-order valence-corrected chi connectivity index (χ0v) is 19.1. The molecule has 2 aliphatic rings. The number of carboxylic acids is 1. The molecule has 2 aliphatic heterocycles. The van der Waals surface area contributed by atoms with Crippen LogP contribution in [0.1, 0.15) is 30.5 Å². The Balaban J connectivity index is 0.000000429. The number of amides is 1. The Hall–Kier alpha value is -3.18. The normalized spacial score (nSPS) is 18.9. The van der Waals surface area contributed by atoms with Gasteiger partial charge in [-0.05, 0) is 49.1 Å². The summed E-state index contributed by atoms with van der Waals surface area (Å²) in [7, 11) is 0. The molecule has 190 valence electrons. The second-order valence-electron chi connectivity index (χ2n) is 8.24. The molecule has 35 heavy (non-hydrogen) atoms. The van der Waals surface area contributed by atoms with Gasteiger partial charge in [0.05, 0.1) is 24.9 Å². The zero-order chi connectivity index (χ0) is 25.6. The molecule has 0 spiro atoms. The van der Waals surface area contributed by atoms with Gasteiger partial charge in [-0.2, -0.15) is 13.2 Å². The molecule has 1 fully saturated rings. The number of hydrogen-bond donors (Lipinski definition) is 3. The van der Waals surface area contributed by atoms with E-state index in [4.69, 9.17) is 14.6 Å². The fourth-order valence-corrected chi connectivity index (χ4v) is 3.92. The van der Waals surface area contributed by atoms with Crippen LogP contribution >= 0.6 is 0 Å². The van der Waals surface area contributed by atoms with Gasteiger partial charge in [0.25, 0.3) is 0 Å². The molecule has 1 amide bonds. The quantitative estimate of drug-likeness (QED) is 0.556. The lowest BCUT2D eigenvalue weighted by Gasteiger charge is -2.29. The molecular formula is C24H27F4N3O4. The number of hydrogen-bond acceptors (Lipinski definition) is 5. The van der Waals surface area contributed by atoms with Crippen molar-refractivity contribution in [3.05, 3.63) is 59.4 Å². The van der Waals surface area contributed by atoms with E-state index in [1.165, 1.54) is 0 Å². The predicted molar refractivity (Wildman–Crippen MR) is 122 cm³/mol. The lowest BCUT2D eigenvalue weighted by molar-refractivity contribution is -0.192.